The minimum absolute atomic E-state index is 0.829. The lowest BCUT2D eigenvalue weighted by Gasteiger charge is -2.47. The molecule has 0 N–H and O–H groups in total. The molecule has 3 aliphatic rings. The molecule has 31 nitrogen and oxygen atoms in total. The van der Waals surface area contributed by atoms with Gasteiger partial charge in [0.2, 0.25) is 18.9 Å². The monoisotopic (exact) mass is 1090 g/mol. The lowest BCUT2D eigenvalue weighted by atomic mass is 9.98. The summed E-state index contributed by atoms with van der Waals surface area (Å²) in [6.45, 7) is 8.04. The standard InChI is InChI=1S/C42H57O31P/c1-16(43)56-13-28-31(59-19(4)46)34(62-22(7)49)37(65-25(10)52)40(68-28)71-74(55,72-41-38(66-26(11)53)35(63-23(8)50)32(60-20(5)47)29(69-41)14-57-17(2)44)73-42-39(67-27(12)54)36(64-24(9)51)33(61-21(6)48)30(70-42)15-58-18(3)45/h28-42H,13-15H2,1-12H3/t28-,29-,30-,31-,32-,33-,34+,35+,36+,37+,38+,39+,40?,41?,42?,74?/m1/s1. The van der Waals surface area contributed by atoms with E-state index < -0.39 is 191 Å². The molecule has 0 bridgehead atoms. The van der Waals surface area contributed by atoms with E-state index in [0.29, 0.717) is 0 Å². The van der Waals surface area contributed by atoms with Crippen LogP contribution in [0.1, 0.15) is 83.1 Å². The summed E-state index contributed by atoms with van der Waals surface area (Å²) in [5.41, 5.74) is 0. The minimum Gasteiger partial charge on any atom is -0.463 e. The van der Waals surface area contributed by atoms with E-state index in [4.69, 9.17) is 84.6 Å². The van der Waals surface area contributed by atoms with E-state index in [2.05, 4.69) is 0 Å². The van der Waals surface area contributed by atoms with Crippen LogP contribution in [0.4, 0.5) is 0 Å². The van der Waals surface area contributed by atoms with Crippen molar-refractivity contribution in [1.29, 1.82) is 0 Å². The molecule has 32 heteroatoms. The van der Waals surface area contributed by atoms with Gasteiger partial charge in [0.1, 0.15) is 38.1 Å². The number of rotatable bonds is 21. The summed E-state index contributed by atoms with van der Waals surface area (Å²) in [5.74, 6) is -13.1. The molecule has 3 rings (SSSR count). The summed E-state index contributed by atoms with van der Waals surface area (Å²) in [4.78, 5) is 150. The predicted octanol–water partition coefficient (Wildman–Crippen LogP) is -0.606. The third-order valence-electron chi connectivity index (χ3n) is 9.54. The highest BCUT2D eigenvalue weighted by Crippen LogP contribution is 2.57. The van der Waals surface area contributed by atoms with E-state index >= 15 is 4.57 Å². The van der Waals surface area contributed by atoms with Crippen molar-refractivity contribution in [1.82, 2.24) is 0 Å². The maximum atomic E-state index is 16.0. The maximum absolute atomic E-state index is 16.0. The molecule has 0 spiro atoms. The van der Waals surface area contributed by atoms with Gasteiger partial charge >= 0.3 is 79.5 Å². The molecule has 3 aliphatic heterocycles. The van der Waals surface area contributed by atoms with Gasteiger partial charge in [-0.05, 0) is 0 Å². The summed E-state index contributed by atoms with van der Waals surface area (Å²) in [7, 11) is -6.20. The van der Waals surface area contributed by atoms with Crippen LogP contribution in [0.3, 0.4) is 0 Å². The van der Waals surface area contributed by atoms with E-state index in [1.165, 1.54) is 0 Å². The highest BCUT2D eigenvalue weighted by Gasteiger charge is 2.61. The number of hydrogen-bond acceptors (Lipinski definition) is 31. The van der Waals surface area contributed by atoms with Gasteiger partial charge in [0.15, 0.2) is 54.9 Å². The van der Waals surface area contributed by atoms with Crippen molar-refractivity contribution in [2.45, 2.75) is 175 Å². The Morgan fingerprint density at radius 2 is 0.459 bits per heavy atom. The molecular weight excluding hydrogens is 1030 g/mol. The average Bonchev–Trinajstić information content (AvgIpc) is 3.23. The second-order valence-corrected chi connectivity index (χ2v) is 17.5. The molecule has 3 unspecified atom stereocenters. The van der Waals surface area contributed by atoms with E-state index in [1.54, 1.807) is 0 Å². The van der Waals surface area contributed by atoms with Gasteiger partial charge in [0.05, 0.1) is 0 Å². The number of carbonyl (C=O) groups is 12. The van der Waals surface area contributed by atoms with Crippen molar-refractivity contribution in [3.8, 4) is 0 Å². The molecule has 0 aromatic heterocycles. The van der Waals surface area contributed by atoms with Crippen LogP contribution in [-0.2, 0) is 147 Å². The highest BCUT2D eigenvalue weighted by molar-refractivity contribution is 7.48. The third kappa shape index (κ3) is 19.2. The van der Waals surface area contributed by atoms with Crippen LogP contribution in [0.2, 0.25) is 0 Å². The van der Waals surface area contributed by atoms with Crippen molar-refractivity contribution in [2.75, 3.05) is 19.8 Å². The van der Waals surface area contributed by atoms with Gasteiger partial charge < -0.3 is 71.1 Å². The molecule has 0 saturated carbocycles. The molecule has 0 amide bonds. The van der Waals surface area contributed by atoms with Gasteiger partial charge in [-0.3, -0.25) is 71.1 Å². The van der Waals surface area contributed by atoms with Crippen molar-refractivity contribution < 1.29 is 147 Å². The summed E-state index contributed by atoms with van der Waals surface area (Å²) in [6.07, 6.45) is -31.4. The Kier molecular flexibility index (Phi) is 23.3. The van der Waals surface area contributed by atoms with Gasteiger partial charge in [-0.15, -0.1) is 0 Å². The van der Waals surface area contributed by atoms with E-state index in [1.807, 2.05) is 0 Å². The van der Waals surface area contributed by atoms with Crippen molar-refractivity contribution in [3.05, 3.63) is 0 Å². The normalized spacial score (nSPS) is 30.2. The Balaban J connectivity index is 2.50. The first-order valence-electron chi connectivity index (χ1n) is 22.0. The molecule has 3 heterocycles. The average molecular weight is 1090 g/mol. The number of phosphoric ester groups is 1. The highest BCUT2D eigenvalue weighted by atomic mass is 31.2. The molecule has 0 radical (unpaired) electrons. The van der Waals surface area contributed by atoms with Crippen LogP contribution in [0.15, 0.2) is 0 Å². The number of esters is 12. The van der Waals surface area contributed by atoms with Gasteiger partial charge in [-0.25, -0.2) is 4.57 Å². The SMILES string of the molecule is CC(=O)OC[C@H]1OC(OP(=O)(OC2O[C@H](COC(C)=O)[C@@H](OC(C)=O)[C@H](OC(C)=O)[C@@H]2OC(C)=O)OC2O[C@H](COC(C)=O)[C@@H](OC(C)=O)[C@H](OC(C)=O)[C@@H]2OC(C)=O)[C@@H](OC(C)=O)[C@@H](OC(C)=O)[C@@H]1OC(C)=O. The summed E-state index contributed by atoms with van der Waals surface area (Å²) >= 11 is 0. The fourth-order valence-corrected chi connectivity index (χ4v) is 8.70. The zero-order valence-corrected chi connectivity index (χ0v) is 42.8. The number of carbonyl (C=O) groups excluding carboxylic acids is 12. The summed E-state index contributed by atoms with van der Waals surface area (Å²) < 4.78 is 116. The van der Waals surface area contributed by atoms with Gasteiger partial charge in [0.25, 0.3) is 0 Å². The molecule has 0 aromatic rings. The largest absolute Gasteiger partial charge is 0.482 e. The molecule has 3 fully saturated rings. The molecule has 15 atom stereocenters. The Hall–Kier alpha value is -6.37. The zero-order valence-electron chi connectivity index (χ0n) is 41.9. The van der Waals surface area contributed by atoms with E-state index in [-0.39, 0.29) is 0 Å². The molecule has 3 saturated heterocycles. The van der Waals surface area contributed by atoms with Gasteiger partial charge in [-0.2, -0.15) is 0 Å². The van der Waals surface area contributed by atoms with Crippen LogP contribution in [0.25, 0.3) is 0 Å². The molecular formula is C42H57O31P. The predicted molar refractivity (Wildman–Crippen MR) is 227 cm³/mol. The lowest BCUT2D eigenvalue weighted by Crippen LogP contribution is -2.64. The van der Waals surface area contributed by atoms with Crippen molar-refractivity contribution in [3.63, 3.8) is 0 Å². The number of phosphoric acid groups is 1. The topological polar surface area (TPSA) is 388 Å². The van der Waals surface area contributed by atoms with E-state index in [9.17, 15) is 57.5 Å². The first-order chi connectivity index (χ1) is 34.4. The summed E-state index contributed by atoms with van der Waals surface area (Å²) in [5, 5.41) is 0. The third-order valence-corrected chi connectivity index (χ3v) is 10.9. The maximum Gasteiger partial charge on any atom is 0.482 e. The molecule has 74 heavy (non-hydrogen) atoms. The Labute approximate surface area is 420 Å². The second kappa shape index (κ2) is 27.8. The zero-order chi connectivity index (χ0) is 55.9. The fourth-order valence-electron chi connectivity index (χ4n) is 7.28. The quantitative estimate of drug-likeness (QED) is 0.0786. The van der Waals surface area contributed by atoms with Crippen molar-refractivity contribution in [2.24, 2.45) is 0 Å². The van der Waals surface area contributed by atoms with E-state index in [0.717, 1.165) is 83.1 Å². The second-order valence-electron chi connectivity index (χ2n) is 16.0. The summed E-state index contributed by atoms with van der Waals surface area (Å²) in [6, 6.07) is 0. The smallest absolute Gasteiger partial charge is 0.463 e. The van der Waals surface area contributed by atoms with Crippen LogP contribution in [-0.4, -0.2) is 184 Å². The van der Waals surface area contributed by atoms with Crippen LogP contribution in [0, 0.1) is 0 Å². The van der Waals surface area contributed by atoms with Crippen molar-refractivity contribution >= 4 is 79.5 Å². The molecule has 416 valence electrons. The minimum atomic E-state index is -6.20. The Bertz CT molecular complexity index is 1930. The lowest BCUT2D eigenvalue weighted by molar-refractivity contribution is -0.317. The number of hydrogen-bond donors (Lipinski definition) is 0. The van der Waals surface area contributed by atoms with Gasteiger partial charge in [-0.1, -0.05) is 0 Å². The Morgan fingerprint density at radius 1 is 0.284 bits per heavy atom. The number of ether oxygens (including phenoxy) is 15. The fraction of sp³-hybridized carbons (Fsp3) is 0.714. The van der Waals surface area contributed by atoms with Crippen LogP contribution < -0.4 is 0 Å². The first-order valence-corrected chi connectivity index (χ1v) is 23.4. The molecule has 0 aliphatic carbocycles. The Morgan fingerprint density at radius 3 is 0.635 bits per heavy atom. The van der Waals surface area contributed by atoms with Crippen LogP contribution >= 0.6 is 7.82 Å². The molecule has 0 aromatic carbocycles. The van der Waals surface area contributed by atoms with Gasteiger partial charge in [0, 0.05) is 83.1 Å². The van der Waals surface area contributed by atoms with Crippen LogP contribution in [0.5, 0.6) is 0 Å². The first kappa shape index (κ1) is 61.9.